The predicted molar refractivity (Wildman–Crippen MR) is 87.4 cm³/mol. The molecule has 0 saturated heterocycles. The number of carbonyl (C=O) groups excluding carboxylic acids is 1. The standard InChI is InChI=1S/C14H14ClNO4S2/c1-8-5-13(9(2)4-11(8)15)22(18,19)16-12-7-21-6-10(12)14(17)20-3/h4-7,16H,1-3H3. The lowest BCUT2D eigenvalue weighted by Crippen LogP contribution is -2.16. The second kappa shape index (κ2) is 6.28. The van der Waals surface area contributed by atoms with Crippen molar-refractivity contribution >= 4 is 44.6 Å². The first-order valence-corrected chi connectivity index (χ1v) is 9.00. The van der Waals surface area contributed by atoms with Crippen LogP contribution in [0.15, 0.2) is 27.8 Å². The molecule has 0 saturated carbocycles. The van der Waals surface area contributed by atoms with Crippen molar-refractivity contribution in [2.45, 2.75) is 18.7 Å². The minimum Gasteiger partial charge on any atom is -0.465 e. The van der Waals surface area contributed by atoms with Gasteiger partial charge in [-0.25, -0.2) is 13.2 Å². The normalized spacial score (nSPS) is 11.3. The predicted octanol–water partition coefficient (Wildman–Crippen LogP) is 3.61. The molecule has 0 aliphatic rings. The molecule has 8 heteroatoms. The lowest BCUT2D eigenvalue weighted by molar-refractivity contribution is 0.0602. The average molecular weight is 360 g/mol. The van der Waals surface area contributed by atoms with Crippen LogP contribution >= 0.6 is 22.9 Å². The molecule has 0 fully saturated rings. The van der Waals surface area contributed by atoms with Crippen molar-refractivity contribution in [2.24, 2.45) is 0 Å². The minimum atomic E-state index is -3.83. The van der Waals surface area contributed by atoms with Crippen molar-refractivity contribution in [3.05, 3.63) is 44.6 Å². The Hall–Kier alpha value is -1.57. The summed E-state index contributed by atoms with van der Waals surface area (Å²) in [7, 11) is -2.59. The second-order valence-corrected chi connectivity index (χ2v) is 7.46. The van der Waals surface area contributed by atoms with Crippen LogP contribution in [-0.2, 0) is 14.8 Å². The Morgan fingerprint density at radius 3 is 2.55 bits per heavy atom. The van der Waals surface area contributed by atoms with Gasteiger partial charge in [0.1, 0.15) is 0 Å². The van der Waals surface area contributed by atoms with E-state index in [4.69, 9.17) is 11.6 Å². The highest BCUT2D eigenvalue weighted by Crippen LogP contribution is 2.28. The number of aryl methyl sites for hydroxylation is 2. The lowest BCUT2D eigenvalue weighted by atomic mass is 10.2. The first-order valence-electron chi connectivity index (χ1n) is 6.20. The van der Waals surface area contributed by atoms with Crippen molar-refractivity contribution in [3.63, 3.8) is 0 Å². The molecule has 1 aromatic carbocycles. The zero-order chi connectivity index (χ0) is 16.5. The number of halogens is 1. The Morgan fingerprint density at radius 1 is 1.23 bits per heavy atom. The maximum atomic E-state index is 12.5. The highest BCUT2D eigenvalue weighted by molar-refractivity contribution is 7.92. The van der Waals surface area contributed by atoms with Gasteiger partial charge in [0.15, 0.2) is 0 Å². The number of anilines is 1. The van der Waals surface area contributed by atoms with Gasteiger partial charge in [-0.1, -0.05) is 11.6 Å². The van der Waals surface area contributed by atoms with E-state index in [2.05, 4.69) is 9.46 Å². The van der Waals surface area contributed by atoms with E-state index in [1.54, 1.807) is 25.3 Å². The van der Waals surface area contributed by atoms with Gasteiger partial charge in [0.2, 0.25) is 0 Å². The van der Waals surface area contributed by atoms with Gasteiger partial charge in [0.05, 0.1) is 23.3 Å². The van der Waals surface area contributed by atoms with Crippen LogP contribution < -0.4 is 4.72 Å². The molecule has 0 spiro atoms. The van der Waals surface area contributed by atoms with Crippen molar-refractivity contribution < 1.29 is 17.9 Å². The first-order chi connectivity index (χ1) is 10.3. The Morgan fingerprint density at radius 2 is 1.91 bits per heavy atom. The number of rotatable bonds is 4. The van der Waals surface area contributed by atoms with Crippen molar-refractivity contribution in [2.75, 3.05) is 11.8 Å². The Balaban J connectivity index is 2.43. The SMILES string of the molecule is COC(=O)c1cscc1NS(=O)(=O)c1cc(C)c(Cl)cc1C. The van der Waals surface area contributed by atoms with Gasteiger partial charge in [-0.3, -0.25) is 4.72 Å². The van der Waals surface area contributed by atoms with Crippen molar-refractivity contribution in [1.29, 1.82) is 0 Å². The number of esters is 1. The van der Waals surface area contributed by atoms with Gasteiger partial charge in [0.25, 0.3) is 10.0 Å². The molecule has 118 valence electrons. The van der Waals surface area contributed by atoms with Gasteiger partial charge >= 0.3 is 5.97 Å². The van der Waals surface area contributed by atoms with Crippen LogP contribution in [0.4, 0.5) is 5.69 Å². The molecule has 0 amide bonds. The van der Waals surface area contributed by atoms with Gasteiger partial charge in [-0.2, -0.15) is 0 Å². The molecule has 0 unspecified atom stereocenters. The summed E-state index contributed by atoms with van der Waals surface area (Å²) in [6.07, 6.45) is 0. The van der Waals surface area contributed by atoms with Crippen LogP contribution in [0, 0.1) is 13.8 Å². The monoisotopic (exact) mass is 359 g/mol. The molecule has 1 N–H and O–H groups in total. The van der Waals surface area contributed by atoms with E-state index >= 15 is 0 Å². The van der Waals surface area contributed by atoms with E-state index in [9.17, 15) is 13.2 Å². The van der Waals surface area contributed by atoms with Crippen molar-refractivity contribution in [3.8, 4) is 0 Å². The van der Waals surface area contributed by atoms with Crippen LogP contribution in [0.3, 0.4) is 0 Å². The lowest BCUT2D eigenvalue weighted by Gasteiger charge is -2.12. The Labute approximate surface area is 137 Å². The van der Waals surface area contributed by atoms with Gasteiger partial charge in [-0.05, 0) is 37.1 Å². The van der Waals surface area contributed by atoms with Gasteiger partial charge < -0.3 is 4.74 Å². The summed E-state index contributed by atoms with van der Waals surface area (Å²) in [6, 6.07) is 3.10. The number of benzene rings is 1. The third kappa shape index (κ3) is 3.26. The number of carbonyl (C=O) groups is 1. The molecule has 0 aliphatic heterocycles. The van der Waals surface area contributed by atoms with Gasteiger partial charge in [-0.15, -0.1) is 11.3 Å². The quantitative estimate of drug-likeness (QED) is 0.846. The molecule has 1 heterocycles. The number of hydrogen-bond donors (Lipinski definition) is 1. The van der Waals surface area contributed by atoms with E-state index in [1.165, 1.54) is 29.9 Å². The molecule has 0 atom stereocenters. The average Bonchev–Trinajstić information content (AvgIpc) is 2.89. The number of ether oxygens (including phenoxy) is 1. The van der Waals surface area contributed by atoms with Crippen LogP contribution in [0.25, 0.3) is 0 Å². The largest absolute Gasteiger partial charge is 0.465 e. The minimum absolute atomic E-state index is 0.122. The molecule has 2 rings (SSSR count). The molecule has 22 heavy (non-hydrogen) atoms. The smallest absolute Gasteiger partial charge is 0.340 e. The first kappa shape index (κ1) is 16.8. The number of hydrogen-bond acceptors (Lipinski definition) is 5. The fourth-order valence-corrected chi connectivity index (χ4v) is 4.31. The van der Waals surface area contributed by atoms with Crippen LogP contribution in [0.1, 0.15) is 21.5 Å². The summed E-state index contributed by atoms with van der Waals surface area (Å²) in [6.45, 7) is 3.39. The third-order valence-electron chi connectivity index (χ3n) is 3.06. The summed E-state index contributed by atoms with van der Waals surface area (Å²) in [5.41, 5.74) is 1.56. The highest BCUT2D eigenvalue weighted by atomic mass is 35.5. The molecule has 1 aromatic heterocycles. The zero-order valence-corrected chi connectivity index (χ0v) is 14.5. The Kier molecular flexibility index (Phi) is 4.79. The van der Waals surface area contributed by atoms with E-state index in [0.29, 0.717) is 16.1 Å². The number of methoxy groups -OCH3 is 1. The summed E-state index contributed by atoms with van der Waals surface area (Å²) >= 11 is 7.20. The molecule has 5 nitrogen and oxygen atoms in total. The fraction of sp³-hybridized carbons (Fsp3) is 0.214. The maximum Gasteiger partial charge on any atom is 0.340 e. The van der Waals surface area contributed by atoms with Gasteiger partial charge in [0, 0.05) is 15.8 Å². The van der Waals surface area contributed by atoms with Crippen LogP contribution in [-0.4, -0.2) is 21.5 Å². The van der Waals surface area contributed by atoms with Crippen LogP contribution in [0.5, 0.6) is 0 Å². The second-order valence-electron chi connectivity index (χ2n) is 4.66. The molecule has 0 aliphatic carbocycles. The molecular weight excluding hydrogens is 346 g/mol. The van der Waals surface area contributed by atoms with E-state index in [1.807, 2.05) is 0 Å². The maximum absolute atomic E-state index is 12.5. The summed E-state index contributed by atoms with van der Waals surface area (Å²) in [4.78, 5) is 11.7. The van der Waals surface area contributed by atoms with E-state index in [0.717, 1.165) is 0 Å². The Bertz CT molecular complexity index is 827. The summed E-state index contributed by atoms with van der Waals surface area (Å²) in [5.74, 6) is -0.594. The number of sulfonamides is 1. The topological polar surface area (TPSA) is 72.5 Å². The summed E-state index contributed by atoms with van der Waals surface area (Å²) < 4.78 is 32.1. The van der Waals surface area contributed by atoms with E-state index in [-0.39, 0.29) is 16.1 Å². The van der Waals surface area contributed by atoms with Crippen LogP contribution in [0.2, 0.25) is 5.02 Å². The molecular formula is C14H14ClNO4S2. The number of thiophene rings is 1. The molecule has 0 bridgehead atoms. The fourth-order valence-electron chi connectivity index (χ4n) is 1.89. The zero-order valence-electron chi connectivity index (χ0n) is 12.1. The molecule has 2 aromatic rings. The highest BCUT2D eigenvalue weighted by Gasteiger charge is 2.22. The summed E-state index contributed by atoms with van der Waals surface area (Å²) in [5, 5.41) is 3.58. The van der Waals surface area contributed by atoms with Crippen molar-refractivity contribution in [1.82, 2.24) is 0 Å². The third-order valence-corrected chi connectivity index (χ3v) is 5.72. The van der Waals surface area contributed by atoms with E-state index < -0.39 is 16.0 Å². The number of nitrogens with one attached hydrogen (secondary N) is 1. The molecule has 0 radical (unpaired) electrons.